The first-order valence-corrected chi connectivity index (χ1v) is 7.14. The predicted molar refractivity (Wildman–Crippen MR) is 74.8 cm³/mol. The van der Waals surface area contributed by atoms with Crippen molar-refractivity contribution in [1.29, 1.82) is 0 Å². The number of aliphatic hydroxyl groups excluding tert-OH is 1. The lowest BCUT2D eigenvalue weighted by Gasteiger charge is -2.37. The molecule has 0 spiro atoms. The summed E-state index contributed by atoms with van der Waals surface area (Å²) in [5.74, 6) is 0.580. The van der Waals surface area contributed by atoms with Crippen LogP contribution in [0, 0.1) is 5.92 Å². The van der Waals surface area contributed by atoms with E-state index in [1.165, 1.54) is 0 Å². The molecule has 106 valence electrons. The Balaban J connectivity index is 1.83. The SMILES string of the molecule is CCOC1CC(CC(O)C(CN)c2ccncc2)C1. The Kier molecular flexibility index (Phi) is 5.31. The Morgan fingerprint density at radius 1 is 1.42 bits per heavy atom. The summed E-state index contributed by atoms with van der Waals surface area (Å²) in [6, 6.07) is 3.87. The zero-order valence-electron chi connectivity index (χ0n) is 11.5. The predicted octanol–water partition coefficient (Wildman–Crippen LogP) is 1.69. The number of ether oxygens (including phenoxy) is 1. The number of hydrogen-bond donors (Lipinski definition) is 2. The fourth-order valence-electron chi connectivity index (χ4n) is 2.87. The maximum atomic E-state index is 10.4. The Bertz CT molecular complexity index is 366. The zero-order valence-corrected chi connectivity index (χ0v) is 11.5. The summed E-state index contributed by atoms with van der Waals surface area (Å²) in [7, 11) is 0. The summed E-state index contributed by atoms with van der Waals surface area (Å²) < 4.78 is 5.55. The molecular weight excluding hydrogens is 240 g/mol. The van der Waals surface area contributed by atoms with Gasteiger partial charge in [0.25, 0.3) is 0 Å². The molecule has 1 fully saturated rings. The quantitative estimate of drug-likeness (QED) is 0.786. The fourth-order valence-corrected chi connectivity index (χ4v) is 2.87. The molecule has 0 aliphatic heterocycles. The molecule has 2 unspecified atom stereocenters. The minimum absolute atomic E-state index is 0.00847. The first-order chi connectivity index (χ1) is 9.24. The van der Waals surface area contributed by atoms with E-state index in [1.807, 2.05) is 19.1 Å². The van der Waals surface area contributed by atoms with Crippen LogP contribution in [0.2, 0.25) is 0 Å². The molecule has 0 bridgehead atoms. The number of aliphatic hydroxyl groups is 1. The third kappa shape index (κ3) is 3.75. The van der Waals surface area contributed by atoms with Crippen molar-refractivity contribution in [1.82, 2.24) is 4.98 Å². The number of nitrogens with two attached hydrogens (primary N) is 1. The Morgan fingerprint density at radius 2 is 2.11 bits per heavy atom. The molecule has 0 saturated heterocycles. The van der Waals surface area contributed by atoms with Gasteiger partial charge in [-0.1, -0.05) is 0 Å². The molecule has 2 atom stereocenters. The molecule has 4 nitrogen and oxygen atoms in total. The third-order valence-corrected chi connectivity index (χ3v) is 4.02. The average molecular weight is 264 g/mol. The highest BCUT2D eigenvalue weighted by atomic mass is 16.5. The molecule has 4 heteroatoms. The first-order valence-electron chi connectivity index (χ1n) is 7.14. The summed E-state index contributed by atoms with van der Waals surface area (Å²) >= 11 is 0. The summed E-state index contributed by atoms with van der Waals surface area (Å²) in [6.45, 7) is 3.27. The third-order valence-electron chi connectivity index (χ3n) is 4.02. The van der Waals surface area contributed by atoms with E-state index in [4.69, 9.17) is 10.5 Å². The monoisotopic (exact) mass is 264 g/mol. The zero-order chi connectivity index (χ0) is 13.7. The molecule has 1 saturated carbocycles. The molecule has 1 heterocycles. The van der Waals surface area contributed by atoms with Crippen molar-refractivity contribution >= 4 is 0 Å². The van der Waals surface area contributed by atoms with E-state index in [2.05, 4.69) is 4.98 Å². The fraction of sp³-hybridized carbons (Fsp3) is 0.667. The Morgan fingerprint density at radius 3 is 2.68 bits per heavy atom. The van der Waals surface area contributed by atoms with Crippen molar-refractivity contribution < 1.29 is 9.84 Å². The van der Waals surface area contributed by atoms with Crippen LogP contribution >= 0.6 is 0 Å². The van der Waals surface area contributed by atoms with Gasteiger partial charge in [-0.25, -0.2) is 0 Å². The molecule has 1 aromatic rings. The van der Waals surface area contributed by atoms with Gasteiger partial charge in [0.2, 0.25) is 0 Å². The molecular formula is C15H24N2O2. The average Bonchev–Trinajstić information content (AvgIpc) is 2.38. The van der Waals surface area contributed by atoms with Gasteiger partial charge in [-0.15, -0.1) is 0 Å². The van der Waals surface area contributed by atoms with E-state index < -0.39 is 0 Å². The molecule has 1 aromatic heterocycles. The molecule has 1 aliphatic rings. The second kappa shape index (κ2) is 6.98. The van der Waals surface area contributed by atoms with Crippen LogP contribution in [0.3, 0.4) is 0 Å². The van der Waals surface area contributed by atoms with E-state index in [0.717, 1.165) is 31.4 Å². The van der Waals surface area contributed by atoms with Gasteiger partial charge in [0.05, 0.1) is 12.2 Å². The molecule has 0 amide bonds. The lowest BCUT2D eigenvalue weighted by molar-refractivity contribution is -0.0398. The van der Waals surface area contributed by atoms with Crippen LogP contribution in [0.1, 0.15) is 37.7 Å². The van der Waals surface area contributed by atoms with E-state index in [9.17, 15) is 5.11 Å². The number of aromatic nitrogens is 1. The van der Waals surface area contributed by atoms with E-state index in [-0.39, 0.29) is 12.0 Å². The van der Waals surface area contributed by atoms with Crippen molar-refractivity contribution in [3.8, 4) is 0 Å². The van der Waals surface area contributed by atoms with Gasteiger partial charge >= 0.3 is 0 Å². The molecule has 2 rings (SSSR count). The minimum atomic E-state index is -0.375. The summed E-state index contributed by atoms with van der Waals surface area (Å²) in [5.41, 5.74) is 6.89. The lowest BCUT2D eigenvalue weighted by atomic mass is 9.76. The second-order valence-electron chi connectivity index (χ2n) is 5.34. The second-order valence-corrected chi connectivity index (χ2v) is 5.34. The topological polar surface area (TPSA) is 68.4 Å². The van der Waals surface area contributed by atoms with Crippen LogP contribution in [0.4, 0.5) is 0 Å². The highest BCUT2D eigenvalue weighted by Crippen LogP contribution is 2.36. The number of hydrogen-bond acceptors (Lipinski definition) is 4. The molecule has 19 heavy (non-hydrogen) atoms. The van der Waals surface area contributed by atoms with Gasteiger partial charge in [0.15, 0.2) is 0 Å². The first kappa shape index (κ1) is 14.4. The van der Waals surface area contributed by atoms with Gasteiger partial charge in [-0.3, -0.25) is 4.98 Å². The van der Waals surface area contributed by atoms with Gasteiger partial charge in [-0.05, 0) is 49.8 Å². The van der Waals surface area contributed by atoms with Crippen molar-refractivity contribution in [2.45, 2.75) is 44.3 Å². The van der Waals surface area contributed by atoms with Crippen molar-refractivity contribution in [3.63, 3.8) is 0 Å². The summed E-state index contributed by atoms with van der Waals surface area (Å²) in [4.78, 5) is 4.00. The van der Waals surface area contributed by atoms with Crippen LogP contribution in [0.25, 0.3) is 0 Å². The van der Waals surface area contributed by atoms with E-state index >= 15 is 0 Å². The Hall–Kier alpha value is -0.970. The van der Waals surface area contributed by atoms with Crippen molar-refractivity contribution in [3.05, 3.63) is 30.1 Å². The van der Waals surface area contributed by atoms with E-state index in [0.29, 0.717) is 18.6 Å². The molecule has 0 radical (unpaired) electrons. The normalized spacial score (nSPS) is 25.6. The number of rotatable bonds is 7. The number of nitrogens with zero attached hydrogens (tertiary/aromatic N) is 1. The van der Waals surface area contributed by atoms with E-state index in [1.54, 1.807) is 12.4 Å². The van der Waals surface area contributed by atoms with Crippen LogP contribution in [0.5, 0.6) is 0 Å². The highest BCUT2D eigenvalue weighted by Gasteiger charge is 2.33. The summed E-state index contributed by atoms with van der Waals surface area (Å²) in [5, 5.41) is 10.4. The Labute approximate surface area is 115 Å². The van der Waals surface area contributed by atoms with Gasteiger partial charge in [0, 0.05) is 31.5 Å². The molecule has 3 N–H and O–H groups in total. The standard InChI is InChI=1S/C15H24N2O2/c1-2-19-13-7-11(8-13)9-15(18)14(10-16)12-3-5-17-6-4-12/h3-6,11,13-15,18H,2,7-10,16H2,1H3. The van der Waals surface area contributed by atoms with Crippen molar-refractivity contribution in [2.24, 2.45) is 11.7 Å². The smallest absolute Gasteiger partial charge is 0.0623 e. The van der Waals surface area contributed by atoms with Gasteiger partial charge in [-0.2, -0.15) is 0 Å². The molecule has 0 aromatic carbocycles. The van der Waals surface area contributed by atoms with Crippen LogP contribution in [-0.2, 0) is 4.74 Å². The van der Waals surface area contributed by atoms with Gasteiger partial charge in [0.1, 0.15) is 0 Å². The lowest BCUT2D eigenvalue weighted by Crippen LogP contribution is -2.36. The van der Waals surface area contributed by atoms with Crippen LogP contribution < -0.4 is 5.73 Å². The van der Waals surface area contributed by atoms with Crippen LogP contribution in [0.15, 0.2) is 24.5 Å². The maximum Gasteiger partial charge on any atom is 0.0623 e. The largest absolute Gasteiger partial charge is 0.392 e. The highest BCUT2D eigenvalue weighted by molar-refractivity contribution is 5.17. The molecule has 1 aliphatic carbocycles. The van der Waals surface area contributed by atoms with Crippen LogP contribution in [-0.4, -0.2) is 35.5 Å². The minimum Gasteiger partial charge on any atom is -0.392 e. The number of pyridine rings is 1. The maximum absolute atomic E-state index is 10.4. The summed E-state index contributed by atoms with van der Waals surface area (Å²) in [6.07, 6.45) is 6.47. The van der Waals surface area contributed by atoms with Gasteiger partial charge < -0.3 is 15.6 Å². The van der Waals surface area contributed by atoms with Crippen molar-refractivity contribution in [2.75, 3.05) is 13.2 Å².